The number of hydrogen-bond acceptors (Lipinski definition) is 2. The fraction of sp³-hybridized carbons (Fsp3) is 0.231. The van der Waals surface area contributed by atoms with Gasteiger partial charge in [-0.1, -0.05) is 12.1 Å². The highest BCUT2D eigenvalue weighted by Gasteiger charge is 2.15. The van der Waals surface area contributed by atoms with Gasteiger partial charge in [-0.2, -0.15) is 5.10 Å². The van der Waals surface area contributed by atoms with Crippen molar-refractivity contribution < 1.29 is 9.18 Å². The number of nitrogens with one attached hydrogen (secondary N) is 1. The first-order valence-electron chi connectivity index (χ1n) is 5.73. The Bertz CT molecular complexity index is 577. The molecule has 1 aromatic heterocycles. The van der Waals surface area contributed by atoms with Gasteiger partial charge in [-0.3, -0.25) is 4.79 Å². The average molecular weight is 247 g/mol. The van der Waals surface area contributed by atoms with E-state index in [1.807, 2.05) is 6.92 Å². The van der Waals surface area contributed by atoms with E-state index in [-0.39, 0.29) is 11.7 Å². The number of halogens is 1. The number of amides is 1. The van der Waals surface area contributed by atoms with Gasteiger partial charge < -0.3 is 5.32 Å². The summed E-state index contributed by atoms with van der Waals surface area (Å²) in [6.45, 7) is 4.13. The number of hydrogen-bond donors (Lipinski definition) is 1. The van der Waals surface area contributed by atoms with Gasteiger partial charge in [-0.05, 0) is 26.0 Å². The number of benzene rings is 1. The maximum atomic E-state index is 13.7. The molecule has 1 heterocycles. The Balaban J connectivity index is 2.43. The Morgan fingerprint density at radius 2 is 2.17 bits per heavy atom. The van der Waals surface area contributed by atoms with Gasteiger partial charge in [0.15, 0.2) is 0 Å². The van der Waals surface area contributed by atoms with Gasteiger partial charge in [-0.25, -0.2) is 9.07 Å². The van der Waals surface area contributed by atoms with Crippen LogP contribution in [0.5, 0.6) is 0 Å². The lowest BCUT2D eigenvalue weighted by Crippen LogP contribution is -2.23. The predicted molar refractivity (Wildman–Crippen MR) is 66.3 cm³/mol. The van der Waals surface area contributed by atoms with Crippen molar-refractivity contribution in [1.82, 2.24) is 15.1 Å². The van der Waals surface area contributed by atoms with E-state index in [1.165, 1.54) is 16.9 Å². The van der Waals surface area contributed by atoms with E-state index in [9.17, 15) is 9.18 Å². The van der Waals surface area contributed by atoms with Gasteiger partial charge in [0.25, 0.3) is 5.91 Å². The summed E-state index contributed by atoms with van der Waals surface area (Å²) >= 11 is 0. The highest BCUT2D eigenvalue weighted by Crippen LogP contribution is 2.16. The van der Waals surface area contributed by atoms with Crippen molar-refractivity contribution in [1.29, 1.82) is 0 Å². The Morgan fingerprint density at radius 1 is 1.44 bits per heavy atom. The molecule has 0 spiro atoms. The quantitative estimate of drug-likeness (QED) is 0.902. The highest BCUT2D eigenvalue weighted by molar-refractivity contribution is 5.95. The average Bonchev–Trinajstić information content (AvgIpc) is 2.72. The maximum absolute atomic E-state index is 13.7. The first-order chi connectivity index (χ1) is 8.65. The second-order valence-electron chi connectivity index (χ2n) is 3.87. The van der Waals surface area contributed by atoms with Crippen LogP contribution >= 0.6 is 0 Å². The van der Waals surface area contributed by atoms with Crippen molar-refractivity contribution in [3.63, 3.8) is 0 Å². The standard InChI is InChI=1S/C13H14FN3O/c1-3-15-13(18)10-8-16-17(9(10)2)12-7-5-4-6-11(12)14/h4-8H,3H2,1-2H3,(H,15,18). The van der Waals surface area contributed by atoms with Gasteiger partial charge in [0.2, 0.25) is 0 Å². The Kier molecular flexibility index (Phi) is 3.41. The third-order valence-electron chi connectivity index (χ3n) is 2.67. The van der Waals surface area contributed by atoms with Crippen molar-refractivity contribution in [2.24, 2.45) is 0 Å². The lowest BCUT2D eigenvalue weighted by molar-refractivity contribution is 0.0955. The van der Waals surface area contributed by atoms with Gasteiger partial charge in [0.05, 0.1) is 17.5 Å². The van der Waals surface area contributed by atoms with Crippen LogP contribution in [0.4, 0.5) is 4.39 Å². The molecule has 2 aromatic rings. The number of aromatic nitrogens is 2. The monoisotopic (exact) mass is 247 g/mol. The molecule has 0 aliphatic rings. The number of para-hydroxylation sites is 1. The Morgan fingerprint density at radius 3 is 2.83 bits per heavy atom. The summed E-state index contributed by atoms with van der Waals surface area (Å²) in [4.78, 5) is 11.7. The van der Waals surface area contributed by atoms with Crippen molar-refractivity contribution in [2.75, 3.05) is 6.54 Å². The maximum Gasteiger partial charge on any atom is 0.254 e. The molecule has 0 aliphatic heterocycles. The van der Waals surface area contributed by atoms with Crippen molar-refractivity contribution in [3.05, 3.63) is 47.5 Å². The minimum absolute atomic E-state index is 0.197. The molecule has 0 saturated heterocycles. The number of carbonyl (C=O) groups is 1. The molecule has 0 saturated carbocycles. The highest BCUT2D eigenvalue weighted by atomic mass is 19.1. The van der Waals surface area contributed by atoms with E-state index < -0.39 is 0 Å². The van der Waals surface area contributed by atoms with Gasteiger partial charge in [0, 0.05) is 6.54 Å². The molecule has 0 aliphatic carbocycles. The molecule has 0 radical (unpaired) electrons. The summed E-state index contributed by atoms with van der Waals surface area (Å²) in [6.07, 6.45) is 1.45. The molecule has 0 bridgehead atoms. The summed E-state index contributed by atoms with van der Waals surface area (Å²) in [6, 6.07) is 6.33. The molecular weight excluding hydrogens is 233 g/mol. The zero-order valence-corrected chi connectivity index (χ0v) is 10.3. The second-order valence-corrected chi connectivity index (χ2v) is 3.87. The van der Waals surface area contributed by atoms with E-state index >= 15 is 0 Å². The van der Waals surface area contributed by atoms with Crippen LogP contribution in [0.25, 0.3) is 5.69 Å². The largest absolute Gasteiger partial charge is 0.352 e. The zero-order valence-electron chi connectivity index (χ0n) is 10.3. The minimum Gasteiger partial charge on any atom is -0.352 e. The van der Waals surface area contributed by atoms with E-state index in [0.29, 0.717) is 23.5 Å². The van der Waals surface area contributed by atoms with Crippen LogP contribution in [0.15, 0.2) is 30.5 Å². The third kappa shape index (κ3) is 2.11. The molecule has 94 valence electrons. The SMILES string of the molecule is CCNC(=O)c1cnn(-c2ccccc2F)c1C. The molecule has 2 rings (SSSR count). The zero-order chi connectivity index (χ0) is 13.1. The first kappa shape index (κ1) is 12.3. The van der Waals surface area contributed by atoms with Crippen molar-refractivity contribution in [3.8, 4) is 5.69 Å². The van der Waals surface area contributed by atoms with Gasteiger partial charge >= 0.3 is 0 Å². The molecule has 5 heteroatoms. The Labute approximate surface area is 104 Å². The summed E-state index contributed by atoms with van der Waals surface area (Å²) in [5, 5.41) is 6.76. The Hall–Kier alpha value is -2.17. The van der Waals surface area contributed by atoms with Crippen LogP contribution in [-0.2, 0) is 0 Å². The van der Waals surface area contributed by atoms with Crippen LogP contribution in [0.3, 0.4) is 0 Å². The summed E-state index contributed by atoms with van der Waals surface area (Å²) in [7, 11) is 0. The molecule has 0 fully saturated rings. The lowest BCUT2D eigenvalue weighted by Gasteiger charge is -2.06. The van der Waals surface area contributed by atoms with E-state index in [2.05, 4.69) is 10.4 Å². The van der Waals surface area contributed by atoms with Crippen molar-refractivity contribution in [2.45, 2.75) is 13.8 Å². The molecule has 1 N–H and O–H groups in total. The smallest absolute Gasteiger partial charge is 0.254 e. The predicted octanol–water partition coefficient (Wildman–Crippen LogP) is 2.07. The van der Waals surface area contributed by atoms with E-state index in [4.69, 9.17) is 0 Å². The fourth-order valence-corrected chi connectivity index (χ4v) is 1.75. The molecule has 18 heavy (non-hydrogen) atoms. The number of nitrogens with zero attached hydrogens (tertiary/aromatic N) is 2. The second kappa shape index (κ2) is 5.00. The van der Waals surface area contributed by atoms with Crippen LogP contribution in [-0.4, -0.2) is 22.2 Å². The minimum atomic E-state index is -0.369. The molecule has 0 atom stereocenters. The molecule has 4 nitrogen and oxygen atoms in total. The van der Waals surface area contributed by atoms with Crippen LogP contribution < -0.4 is 5.32 Å². The van der Waals surface area contributed by atoms with Crippen LogP contribution in [0, 0.1) is 12.7 Å². The molecular formula is C13H14FN3O. The summed E-state index contributed by atoms with van der Waals surface area (Å²) in [5.41, 5.74) is 1.41. The van der Waals surface area contributed by atoms with Crippen LogP contribution in [0.2, 0.25) is 0 Å². The molecule has 1 aromatic carbocycles. The summed E-state index contributed by atoms with van der Waals surface area (Å²) < 4.78 is 15.1. The van der Waals surface area contributed by atoms with E-state index in [1.54, 1.807) is 25.1 Å². The van der Waals surface area contributed by atoms with E-state index in [0.717, 1.165) is 0 Å². The van der Waals surface area contributed by atoms with Gasteiger partial charge in [0.1, 0.15) is 11.5 Å². The fourth-order valence-electron chi connectivity index (χ4n) is 1.75. The number of carbonyl (C=O) groups excluding carboxylic acids is 1. The lowest BCUT2D eigenvalue weighted by atomic mass is 10.2. The summed E-state index contributed by atoms with van der Waals surface area (Å²) in [5.74, 6) is -0.566. The molecule has 0 unspecified atom stereocenters. The van der Waals surface area contributed by atoms with Gasteiger partial charge in [-0.15, -0.1) is 0 Å². The topological polar surface area (TPSA) is 46.9 Å². The third-order valence-corrected chi connectivity index (χ3v) is 2.67. The van der Waals surface area contributed by atoms with Crippen LogP contribution in [0.1, 0.15) is 23.0 Å². The normalized spacial score (nSPS) is 10.4. The molecule has 1 amide bonds. The number of rotatable bonds is 3. The first-order valence-corrected chi connectivity index (χ1v) is 5.73. The van der Waals surface area contributed by atoms with Crippen molar-refractivity contribution >= 4 is 5.91 Å².